The number of nitrogens with zero attached hydrogens (tertiary/aromatic N) is 3. The zero-order valence-corrected chi connectivity index (χ0v) is 12.5. The van der Waals surface area contributed by atoms with Crippen molar-refractivity contribution in [1.82, 2.24) is 4.57 Å². The van der Waals surface area contributed by atoms with Crippen LogP contribution in [0.4, 0.5) is 0 Å². The van der Waals surface area contributed by atoms with E-state index in [0.717, 1.165) is 26.5 Å². The van der Waals surface area contributed by atoms with Gasteiger partial charge in [-0.2, -0.15) is 5.10 Å². The third-order valence-electron chi connectivity index (χ3n) is 2.65. The standard InChI is InChI=1S/C13H17N3O2S/c1-8(2)14-15-13-16(3)9-6-10(17-4)11(18-5)7-12(9)19-13/h6-7H,1-5H3. The summed E-state index contributed by atoms with van der Waals surface area (Å²) in [6.07, 6.45) is 0. The number of hydrogen-bond donors (Lipinski definition) is 0. The number of aromatic nitrogens is 1. The van der Waals surface area contributed by atoms with Crippen molar-refractivity contribution in [2.24, 2.45) is 17.3 Å². The number of aryl methyl sites for hydroxylation is 1. The summed E-state index contributed by atoms with van der Waals surface area (Å²) in [7, 11) is 5.23. The van der Waals surface area contributed by atoms with Gasteiger partial charge in [-0.15, -0.1) is 5.10 Å². The molecule has 0 saturated heterocycles. The van der Waals surface area contributed by atoms with Crippen molar-refractivity contribution in [3.8, 4) is 11.5 Å². The predicted octanol–water partition coefficient (Wildman–Crippen LogP) is 2.55. The van der Waals surface area contributed by atoms with E-state index in [2.05, 4.69) is 10.2 Å². The van der Waals surface area contributed by atoms with E-state index in [1.165, 1.54) is 0 Å². The second kappa shape index (κ2) is 5.44. The normalized spacial score (nSPS) is 11.7. The van der Waals surface area contributed by atoms with E-state index in [1.807, 2.05) is 37.6 Å². The molecule has 0 unspecified atom stereocenters. The van der Waals surface area contributed by atoms with Crippen LogP contribution in [-0.4, -0.2) is 24.5 Å². The van der Waals surface area contributed by atoms with Gasteiger partial charge in [-0.05, 0) is 13.8 Å². The molecule has 2 rings (SSSR count). The lowest BCUT2D eigenvalue weighted by atomic mass is 10.3. The highest BCUT2D eigenvalue weighted by atomic mass is 32.1. The number of thiazole rings is 1. The van der Waals surface area contributed by atoms with Crippen molar-refractivity contribution in [3.05, 3.63) is 16.9 Å². The van der Waals surface area contributed by atoms with Gasteiger partial charge in [0.05, 0.1) is 24.4 Å². The number of ether oxygens (including phenoxy) is 2. The fourth-order valence-corrected chi connectivity index (χ4v) is 2.67. The van der Waals surface area contributed by atoms with Crippen molar-refractivity contribution >= 4 is 27.3 Å². The summed E-state index contributed by atoms with van der Waals surface area (Å²) in [6.45, 7) is 3.84. The van der Waals surface area contributed by atoms with Gasteiger partial charge in [0.1, 0.15) is 0 Å². The van der Waals surface area contributed by atoms with Crippen LogP contribution in [0.3, 0.4) is 0 Å². The number of benzene rings is 1. The average molecular weight is 279 g/mol. The van der Waals surface area contributed by atoms with Gasteiger partial charge in [-0.1, -0.05) is 11.3 Å². The van der Waals surface area contributed by atoms with E-state index in [1.54, 1.807) is 25.6 Å². The minimum atomic E-state index is 0.713. The van der Waals surface area contributed by atoms with Crippen LogP contribution in [-0.2, 0) is 7.05 Å². The van der Waals surface area contributed by atoms with Gasteiger partial charge >= 0.3 is 0 Å². The molecule has 0 spiro atoms. The van der Waals surface area contributed by atoms with Gasteiger partial charge in [0.25, 0.3) is 0 Å². The lowest BCUT2D eigenvalue weighted by molar-refractivity contribution is 0.356. The zero-order chi connectivity index (χ0) is 14.0. The van der Waals surface area contributed by atoms with Crippen LogP contribution in [0.1, 0.15) is 13.8 Å². The van der Waals surface area contributed by atoms with Crippen LogP contribution in [0.2, 0.25) is 0 Å². The van der Waals surface area contributed by atoms with Gasteiger partial charge in [-0.25, -0.2) is 0 Å². The molecular formula is C13H17N3O2S. The third kappa shape index (κ3) is 2.63. The second-order valence-electron chi connectivity index (χ2n) is 4.27. The fourth-order valence-electron chi connectivity index (χ4n) is 1.69. The van der Waals surface area contributed by atoms with E-state index < -0.39 is 0 Å². The molecule has 0 saturated carbocycles. The summed E-state index contributed by atoms with van der Waals surface area (Å²) in [5.41, 5.74) is 1.97. The van der Waals surface area contributed by atoms with E-state index in [4.69, 9.17) is 9.47 Å². The van der Waals surface area contributed by atoms with Crippen LogP contribution in [0.5, 0.6) is 11.5 Å². The molecule has 5 nitrogen and oxygen atoms in total. The zero-order valence-electron chi connectivity index (χ0n) is 11.7. The van der Waals surface area contributed by atoms with E-state index in [9.17, 15) is 0 Å². The van der Waals surface area contributed by atoms with Crippen LogP contribution in [0, 0.1) is 0 Å². The Hall–Kier alpha value is -1.82. The number of fused-ring (bicyclic) bond motifs is 1. The largest absolute Gasteiger partial charge is 0.493 e. The monoisotopic (exact) mass is 279 g/mol. The maximum atomic E-state index is 5.31. The summed E-state index contributed by atoms with van der Waals surface area (Å²) in [6, 6.07) is 3.91. The molecule has 1 aromatic heterocycles. The van der Waals surface area contributed by atoms with Crippen molar-refractivity contribution in [2.75, 3.05) is 14.2 Å². The molecule has 0 radical (unpaired) electrons. The van der Waals surface area contributed by atoms with E-state index >= 15 is 0 Å². The molecule has 102 valence electrons. The molecule has 1 heterocycles. The van der Waals surface area contributed by atoms with Crippen molar-refractivity contribution < 1.29 is 9.47 Å². The topological polar surface area (TPSA) is 48.1 Å². The van der Waals surface area contributed by atoms with E-state index in [0.29, 0.717) is 5.75 Å². The average Bonchev–Trinajstić information content (AvgIpc) is 2.71. The Balaban J connectivity index is 2.70. The first-order chi connectivity index (χ1) is 9.06. The van der Waals surface area contributed by atoms with Gasteiger partial charge in [0, 0.05) is 24.9 Å². The quantitative estimate of drug-likeness (QED) is 0.640. The Bertz CT molecular complexity index is 694. The number of methoxy groups -OCH3 is 2. The highest BCUT2D eigenvalue weighted by molar-refractivity contribution is 7.16. The number of hydrogen-bond acceptors (Lipinski definition) is 5. The van der Waals surface area contributed by atoms with Crippen LogP contribution < -0.4 is 14.3 Å². The Morgan fingerprint density at radius 1 is 1.16 bits per heavy atom. The Labute approximate surface area is 115 Å². The summed E-state index contributed by atoms with van der Waals surface area (Å²) in [5, 5.41) is 8.35. The molecule has 19 heavy (non-hydrogen) atoms. The molecule has 6 heteroatoms. The highest BCUT2D eigenvalue weighted by Gasteiger charge is 2.10. The fraction of sp³-hybridized carbons (Fsp3) is 0.385. The van der Waals surface area contributed by atoms with Crippen molar-refractivity contribution in [2.45, 2.75) is 13.8 Å². The van der Waals surface area contributed by atoms with Gasteiger partial charge in [-0.3, -0.25) is 0 Å². The first-order valence-electron chi connectivity index (χ1n) is 5.83. The molecule has 1 aromatic carbocycles. The highest BCUT2D eigenvalue weighted by Crippen LogP contribution is 2.32. The predicted molar refractivity (Wildman–Crippen MR) is 78.2 cm³/mol. The van der Waals surface area contributed by atoms with Gasteiger partial charge in [0.2, 0.25) is 4.80 Å². The van der Waals surface area contributed by atoms with Gasteiger partial charge in [0.15, 0.2) is 11.5 Å². The molecule has 0 atom stereocenters. The molecule has 0 fully saturated rings. The molecular weight excluding hydrogens is 262 g/mol. The first kappa shape index (κ1) is 13.6. The van der Waals surface area contributed by atoms with E-state index in [-0.39, 0.29) is 0 Å². The summed E-state index contributed by atoms with van der Waals surface area (Å²) in [4.78, 5) is 0.839. The van der Waals surface area contributed by atoms with Crippen molar-refractivity contribution in [1.29, 1.82) is 0 Å². The van der Waals surface area contributed by atoms with Gasteiger partial charge < -0.3 is 14.0 Å². The van der Waals surface area contributed by atoms with Crippen molar-refractivity contribution in [3.63, 3.8) is 0 Å². The molecule has 0 amide bonds. The second-order valence-corrected chi connectivity index (χ2v) is 5.27. The summed E-state index contributed by atoms with van der Waals surface area (Å²) < 4.78 is 13.7. The molecule has 2 aromatic rings. The molecule has 0 aliphatic rings. The smallest absolute Gasteiger partial charge is 0.211 e. The van der Waals surface area contributed by atoms with Crippen LogP contribution in [0.25, 0.3) is 10.2 Å². The van der Waals surface area contributed by atoms with Crippen LogP contribution in [0.15, 0.2) is 22.3 Å². The Morgan fingerprint density at radius 2 is 1.79 bits per heavy atom. The van der Waals surface area contributed by atoms with Crippen LogP contribution >= 0.6 is 11.3 Å². The molecule has 0 aliphatic heterocycles. The maximum absolute atomic E-state index is 5.31. The molecule has 0 bridgehead atoms. The molecule has 0 aliphatic carbocycles. The SMILES string of the molecule is COc1cc2sc(=NN=C(C)C)n(C)c2cc1OC. The lowest BCUT2D eigenvalue weighted by Crippen LogP contribution is -2.09. The first-order valence-corrected chi connectivity index (χ1v) is 6.65. The Kier molecular flexibility index (Phi) is 3.90. The minimum absolute atomic E-state index is 0.713. The summed E-state index contributed by atoms with van der Waals surface area (Å²) >= 11 is 1.57. The summed E-state index contributed by atoms with van der Waals surface area (Å²) in [5.74, 6) is 1.43. The maximum Gasteiger partial charge on any atom is 0.211 e. The third-order valence-corrected chi connectivity index (χ3v) is 3.74. The Morgan fingerprint density at radius 3 is 2.37 bits per heavy atom. The molecule has 0 N–H and O–H groups in total. The lowest BCUT2D eigenvalue weighted by Gasteiger charge is -2.07. The number of rotatable bonds is 3. The minimum Gasteiger partial charge on any atom is -0.493 e.